The Hall–Kier alpha value is -1.84. The summed E-state index contributed by atoms with van der Waals surface area (Å²) in [6.07, 6.45) is 2.47. The Morgan fingerprint density at radius 1 is 1.30 bits per heavy atom. The second kappa shape index (κ2) is 8.35. The van der Waals surface area contributed by atoms with Crippen LogP contribution in [0.15, 0.2) is 24.3 Å². The fraction of sp³-hybridized carbons (Fsp3) is 0.500. The highest BCUT2D eigenvalue weighted by Gasteiger charge is 2.17. The summed E-state index contributed by atoms with van der Waals surface area (Å²) in [5.41, 5.74) is 2.33. The van der Waals surface area contributed by atoms with Crippen molar-refractivity contribution in [2.75, 3.05) is 6.54 Å². The smallest absolute Gasteiger partial charge is 0.308 e. The van der Waals surface area contributed by atoms with Gasteiger partial charge in [-0.15, -0.1) is 0 Å². The van der Waals surface area contributed by atoms with Gasteiger partial charge >= 0.3 is 5.97 Å². The van der Waals surface area contributed by atoms with Crippen LogP contribution in [0.3, 0.4) is 0 Å². The van der Waals surface area contributed by atoms with Crippen molar-refractivity contribution in [2.24, 2.45) is 5.92 Å². The van der Waals surface area contributed by atoms with Crippen LogP contribution in [-0.2, 0) is 16.0 Å². The first kappa shape index (κ1) is 16.2. The Labute approximate surface area is 120 Å². The second-order valence-corrected chi connectivity index (χ2v) is 5.05. The molecule has 2 N–H and O–H groups in total. The van der Waals surface area contributed by atoms with E-state index >= 15 is 0 Å². The normalized spacial score (nSPS) is 11.9. The number of carboxylic acid groups (broad SMARTS) is 1. The number of aliphatic carboxylic acids is 1. The molecule has 0 heterocycles. The quantitative estimate of drug-likeness (QED) is 0.767. The van der Waals surface area contributed by atoms with Crippen molar-refractivity contribution in [3.8, 4) is 0 Å². The van der Waals surface area contributed by atoms with Crippen LogP contribution in [0.25, 0.3) is 0 Å². The maximum atomic E-state index is 11.8. The molecule has 0 spiro atoms. The van der Waals surface area contributed by atoms with Crippen LogP contribution >= 0.6 is 0 Å². The molecule has 0 saturated heterocycles. The van der Waals surface area contributed by atoms with Crippen LogP contribution in [0.1, 0.15) is 37.3 Å². The summed E-state index contributed by atoms with van der Waals surface area (Å²) >= 11 is 0. The molecular formula is C16H23NO3. The summed E-state index contributed by atoms with van der Waals surface area (Å²) in [6.45, 7) is 4.18. The summed E-state index contributed by atoms with van der Waals surface area (Å²) in [4.78, 5) is 22.7. The van der Waals surface area contributed by atoms with Crippen LogP contribution in [0.4, 0.5) is 0 Å². The third-order valence-electron chi connectivity index (χ3n) is 3.41. The molecule has 1 aromatic rings. The Kier molecular flexibility index (Phi) is 6.77. The molecule has 0 saturated carbocycles. The largest absolute Gasteiger partial charge is 0.481 e. The number of carbonyl (C=O) groups is 2. The fourth-order valence-corrected chi connectivity index (χ4v) is 2.13. The predicted octanol–water partition coefficient (Wildman–Crippen LogP) is 2.54. The van der Waals surface area contributed by atoms with Gasteiger partial charge in [-0.25, -0.2) is 0 Å². The highest BCUT2D eigenvalue weighted by molar-refractivity contribution is 5.77. The first-order valence-electron chi connectivity index (χ1n) is 7.08. The van der Waals surface area contributed by atoms with Gasteiger partial charge in [0.05, 0.1) is 5.92 Å². The number of carboxylic acids is 1. The van der Waals surface area contributed by atoms with Gasteiger partial charge in [0.25, 0.3) is 0 Å². The summed E-state index contributed by atoms with van der Waals surface area (Å²) in [5.74, 6) is -1.41. The van der Waals surface area contributed by atoms with Gasteiger partial charge in [0.15, 0.2) is 0 Å². The zero-order chi connectivity index (χ0) is 15.0. The number of carbonyl (C=O) groups excluding carboxylic acids is 1. The third-order valence-corrected chi connectivity index (χ3v) is 3.41. The lowest BCUT2D eigenvalue weighted by Crippen LogP contribution is -2.33. The van der Waals surface area contributed by atoms with Crippen molar-refractivity contribution in [1.29, 1.82) is 0 Å². The van der Waals surface area contributed by atoms with Crippen LogP contribution in [0.2, 0.25) is 0 Å². The van der Waals surface area contributed by atoms with Crippen LogP contribution < -0.4 is 5.32 Å². The van der Waals surface area contributed by atoms with E-state index in [2.05, 4.69) is 5.32 Å². The van der Waals surface area contributed by atoms with E-state index in [1.165, 1.54) is 5.56 Å². The van der Waals surface area contributed by atoms with Crippen LogP contribution in [0.5, 0.6) is 0 Å². The number of aryl methyl sites for hydroxylation is 2. The molecule has 0 aliphatic heterocycles. The number of benzene rings is 1. The standard InChI is InChI=1S/C16H23NO3/c1-3-6-14(16(19)20)11-17-15(18)10-9-13-8-5-4-7-12(13)2/h4-5,7-8,14H,3,6,9-11H2,1-2H3,(H,17,18)(H,19,20). The molecule has 0 aromatic heterocycles. The average molecular weight is 277 g/mol. The lowest BCUT2D eigenvalue weighted by Gasteiger charge is -2.12. The lowest BCUT2D eigenvalue weighted by atomic mass is 10.0. The van der Waals surface area contributed by atoms with E-state index in [0.717, 1.165) is 12.0 Å². The Morgan fingerprint density at radius 3 is 2.60 bits per heavy atom. The molecule has 0 radical (unpaired) electrons. The van der Waals surface area contributed by atoms with Crippen molar-refractivity contribution in [2.45, 2.75) is 39.5 Å². The highest BCUT2D eigenvalue weighted by atomic mass is 16.4. The van der Waals surface area contributed by atoms with Crippen LogP contribution in [0, 0.1) is 12.8 Å². The minimum atomic E-state index is -0.842. The van der Waals surface area contributed by atoms with E-state index in [-0.39, 0.29) is 12.5 Å². The number of hydrogen-bond acceptors (Lipinski definition) is 2. The highest BCUT2D eigenvalue weighted by Crippen LogP contribution is 2.10. The van der Waals surface area contributed by atoms with Gasteiger partial charge in [-0.2, -0.15) is 0 Å². The monoisotopic (exact) mass is 277 g/mol. The van der Waals surface area contributed by atoms with Crippen molar-refractivity contribution in [1.82, 2.24) is 5.32 Å². The average Bonchev–Trinajstić information content (AvgIpc) is 2.42. The number of rotatable bonds is 8. The fourth-order valence-electron chi connectivity index (χ4n) is 2.13. The Balaban J connectivity index is 2.37. The molecule has 20 heavy (non-hydrogen) atoms. The summed E-state index contributed by atoms with van der Waals surface area (Å²) in [7, 11) is 0. The van der Waals surface area contributed by atoms with E-state index in [9.17, 15) is 9.59 Å². The van der Waals surface area contributed by atoms with E-state index in [1.807, 2.05) is 38.1 Å². The van der Waals surface area contributed by atoms with E-state index in [1.54, 1.807) is 0 Å². The van der Waals surface area contributed by atoms with Crippen molar-refractivity contribution < 1.29 is 14.7 Å². The number of amides is 1. The molecule has 1 rings (SSSR count). The van der Waals surface area contributed by atoms with Gasteiger partial charge in [0, 0.05) is 13.0 Å². The second-order valence-electron chi connectivity index (χ2n) is 5.05. The third kappa shape index (κ3) is 5.43. The van der Waals surface area contributed by atoms with Gasteiger partial charge in [-0.1, -0.05) is 37.6 Å². The maximum Gasteiger partial charge on any atom is 0.308 e. The summed E-state index contributed by atoms with van der Waals surface area (Å²) in [5, 5.41) is 11.7. The summed E-state index contributed by atoms with van der Waals surface area (Å²) < 4.78 is 0. The number of hydrogen-bond donors (Lipinski definition) is 2. The molecule has 0 aliphatic rings. The molecule has 0 bridgehead atoms. The van der Waals surface area contributed by atoms with Crippen molar-refractivity contribution >= 4 is 11.9 Å². The van der Waals surface area contributed by atoms with Crippen LogP contribution in [-0.4, -0.2) is 23.5 Å². The van der Waals surface area contributed by atoms with Crippen molar-refractivity contribution in [3.05, 3.63) is 35.4 Å². The Morgan fingerprint density at radius 2 is 2.00 bits per heavy atom. The minimum absolute atomic E-state index is 0.0874. The molecule has 1 aromatic carbocycles. The van der Waals surface area contributed by atoms with E-state index in [0.29, 0.717) is 19.3 Å². The first-order chi connectivity index (χ1) is 9.54. The molecule has 1 amide bonds. The Bertz CT molecular complexity index is 457. The first-order valence-corrected chi connectivity index (χ1v) is 7.08. The lowest BCUT2D eigenvalue weighted by molar-refractivity contribution is -0.141. The molecule has 1 unspecified atom stereocenters. The molecule has 4 heteroatoms. The number of nitrogens with one attached hydrogen (secondary N) is 1. The van der Waals surface area contributed by atoms with Crippen molar-refractivity contribution in [3.63, 3.8) is 0 Å². The zero-order valence-electron chi connectivity index (χ0n) is 12.2. The maximum absolute atomic E-state index is 11.8. The van der Waals surface area contributed by atoms with Gasteiger partial charge in [-0.05, 0) is 30.9 Å². The SMILES string of the molecule is CCCC(CNC(=O)CCc1ccccc1C)C(=O)O. The minimum Gasteiger partial charge on any atom is -0.481 e. The molecule has 0 aliphatic carbocycles. The van der Waals surface area contributed by atoms with E-state index in [4.69, 9.17) is 5.11 Å². The molecule has 110 valence electrons. The topological polar surface area (TPSA) is 66.4 Å². The molecule has 1 atom stereocenters. The molecule has 0 fully saturated rings. The van der Waals surface area contributed by atoms with Gasteiger partial charge in [-0.3, -0.25) is 9.59 Å². The van der Waals surface area contributed by atoms with E-state index < -0.39 is 11.9 Å². The van der Waals surface area contributed by atoms with Gasteiger partial charge < -0.3 is 10.4 Å². The predicted molar refractivity (Wildman–Crippen MR) is 78.5 cm³/mol. The van der Waals surface area contributed by atoms with Gasteiger partial charge in [0.1, 0.15) is 0 Å². The zero-order valence-corrected chi connectivity index (χ0v) is 12.2. The van der Waals surface area contributed by atoms with Gasteiger partial charge in [0.2, 0.25) is 5.91 Å². The summed E-state index contributed by atoms with van der Waals surface area (Å²) in [6, 6.07) is 7.97. The molecular weight excluding hydrogens is 254 g/mol. The molecule has 4 nitrogen and oxygen atoms in total.